The number of halogens is 2. The second kappa shape index (κ2) is 8.96. The van der Waals surface area contributed by atoms with Crippen LogP contribution in [0, 0.1) is 5.92 Å². The van der Waals surface area contributed by atoms with Crippen molar-refractivity contribution in [3.05, 3.63) is 33.3 Å². The smallest absolute Gasteiger partial charge is 0.0477 e. The van der Waals surface area contributed by atoms with Crippen molar-refractivity contribution in [2.24, 2.45) is 11.8 Å². The number of hydrogen-bond acceptors (Lipinski definition) is 2. The maximum Gasteiger partial charge on any atom is 0.0477 e. The zero-order valence-electron chi connectivity index (χ0n) is 11.8. The van der Waals surface area contributed by atoms with E-state index in [1.165, 1.54) is 25.7 Å². The molecule has 0 fully saturated rings. The van der Waals surface area contributed by atoms with Crippen molar-refractivity contribution in [3.8, 4) is 0 Å². The number of nitrogens with one attached hydrogen (secondary N) is 1. The van der Waals surface area contributed by atoms with Crippen molar-refractivity contribution in [1.82, 2.24) is 5.43 Å². The van der Waals surface area contributed by atoms with Crippen LogP contribution >= 0.6 is 27.5 Å². The highest BCUT2D eigenvalue weighted by molar-refractivity contribution is 9.10. The normalized spacial score (nSPS) is 14.4. The van der Waals surface area contributed by atoms with Gasteiger partial charge >= 0.3 is 0 Å². The summed E-state index contributed by atoms with van der Waals surface area (Å²) in [5, 5.41) is 0.775. The lowest BCUT2D eigenvalue weighted by Crippen LogP contribution is -2.30. The molecule has 0 saturated heterocycles. The molecule has 0 spiro atoms. The summed E-state index contributed by atoms with van der Waals surface area (Å²) in [7, 11) is 0. The molecule has 4 heteroatoms. The highest BCUT2D eigenvalue weighted by Gasteiger charge is 2.18. The minimum absolute atomic E-state index is 0.117. The van der Waals surface area contributed by atoms with E-state index in [0.29, 0.717) is 5.92 Å². The molecule has 0 bridgehead atoms. The fraction of sp³-hybridized carbons (Fsp3) is 0.600. The Balaban J connectivity index is 2.78. The fourth-order valence-electron chi connectivity index (χ4n) is 2.38. The van der Waals surface area contributed by atoms with Gasteiger partial charge in [0, 0.05) is 15.5 Å². The van der Waals surface area contributed by atoms with E-state index in [1.807, 2.05) is 12.1 Å². The lowest BCUT2D eigenvalue weighted by Gasteiger charge is -2.23. The van der Waals surface area contributed by atoms with E-state index in [1.54, 1.807) is 0 Å². The molecule has 0 aliphatic carbocycles. The molecule has 2 atom stereocenters. The van der Waals surface area contributed by atoms with Crippen LogP contribution < -0.4 is 11.3 Å². The van der Waals surface area contributed by atoms with Crippen molar-refractivity contribution < 1.29 is 0 Å². The zero-order chi connectivity index (χ0) is 14.3. The van der Waals surface area contributed by atoms with Crippen LogP contribution in [0.2, 0.25) is 5.02 Å². The van der Waals surface area contributed by atoms with Gasteiger partial charge in [-0.2, -0.15) is 0 Å². The molecule has 1 aromatic carbocycles. The van der Waals surface area contributed by atoms with Gasteiger partial charge in [0.05, 0.1) is 0 Å². The second-order valence-electron chi connectivity index (χ2n) is 5.04. The number of benzene rings is 1. The topological polar surface area (TPSA) is 38.0 Å². The highest BCUT2D eigenvalue weighted by Crippen LogP contribution is 2.32. The molecular formula is C15H24BrClN2. The molecule has 19 heavy (non-hydrogen) atoms. The summed E-state index contributed by atoms with van der Waals surface area (Å²) in [4.78, 5) is 0. The molecule has 2 nitrogen and oxygen atoms in total. The van der Waals surface area contributed by atoms with Gasteiger partial charge in [0.2, 0.25) is 0 Å². The summed E-state index contributed by atoms with van der Waals surface area (Å²) < 4.78 is 1.04. The molecule has 0 aromatic heterocycles. The van der Waals surface area contributed by atoms with E-state index in [4.69, 9.17) is 17.4 Å². The Morgan fingerprint density at radius 2 is 2.11 bits per heavy atom. The van der Waals surface area contributed by atoms with E-state index in [9.17, 15) is 0 Å². The Morgan fingerprint density at radius 3 is 2.68 bits per heavy atom. The zero-order valence-corrected chi connectivity index (χ0v) is 14.1. The molecule has 0 saturated carbocycles. The minimum Gasteiger partial charge on any atom is -0.271 e. The largest absolute Gasteiger partial charge is 0.271 e. The number of unbranched alkanes of at least 4 members (excludes halogenated alkanes) is 1. The molecule has 1 rings (SSSR count). The summed E-state index contributed by atoms with van der Waals surface area (Å²) >= 11 is 9.78. The molecular weight excluding hydrogens is 324 g/mol. The molecule has 3 N–H and O–H groups in total. The molecule has 0 aliphatic rings. The third kappa shape index (κ3) is 5.42. The maximum absolute atomic E-state index is 6.28. The summed E-state index contributed by atoms with van der Waals surface area (Å²) in [6, 6.07) is 6.04. The SMILES string of the molecule is CCCCC(CC)CC(NN)c1cc(Br)ccc1Cl. The van der Waals surface area contributed by atoms with Crippen LogP contribution in [-0.4, -0.2) is 0 Å². The average molecular weight is 348 g/mol. The monoisotopic (exact) mass is 346 g/mol. The Labute approximate surface area is 130 Å². The molecule has 0 aliphatic heterocycles. The molecule has 0 heterocycles. The van der Waals surface area contributed by atoms with Gasteiger partial charge in [-0.3, -0.25) is 11.3 Å². The number of nitrogens with two attached hydrogens (primary N) is 1. The first-order chi connectivity index (χ1) is 9.12. The number of hydrogen-bond donors (Lipinski definition) is 2. The van der Waals surface area contributed by atoms with Crippen LogP contribution in [0.5, 0.6) is 0 Å². The molecule has 0 amide bonds. The van der Waals surface area contributed by atoms with Crippen molar-refractivity contribution in [2.45, 2.75) is 52.0 Å². The molecule has 2 unspecified atom stereocenters. The first-order valence-corrected chi connectivity index (χ1v) is 8.20. The Kier molecular flexibility index (Phi) is 8.00. The average Bonchev–Trinajstić information content (AvgIpc) is 2.42. The minimum atomic E-state index is 0.117. The van der Waals surface area contributed by atoms with Gasteiger partial charge in [-0.1, -0.05) is 67.1 Å². The predicted molar refractivity (Wildman–Crippen MR) is 87.1 cm³/mol. The Morgan fingerprint density at radius 1 is 1.37 bits per heavy atom. The van der Waals surface area contributed by atoms with Crippen molar-refractivity contribution in [3.63, 3.8) is 0 Å². The molecule has 1 aromatic rings. The Bertz CT molecular complexity index is 384. The van der Waals surface area contributed by atoms with E-state index in [0.717, 1.165) is 21.5 Å². The van der Waals surface area contributed by atoms with Gasteiger partial charge in [-0.15, -0.1) is 0 Å². The van der Waals surface area contributed by atoms with Gasteiger partial charge in [-0.05, 0) is 36.1 Å². The standard InChI is InChI=1S/C15H24BrClN2/c1-3-5-6-11(4-2)9-15(19-18)13-10-12(16)7-8-14(13)17/h7-8,10-11,15,19H,3-6,9,18H2,1-2H3. The van der Waals surface area contributed by atoms with E-state index < -0.39 is 0 Å². The van der Waals surface area contributed by atoms with E-state index >= 15 is 0 Å². The highest BCUT2D eigenvalue weighted by atomic mass is 79.9. The van der Waals surface area contributed by atoms with Crippen LogP contribution in [0.15, 0.2) is 22.7 Å². The van der Waals surface area contributed by atoms with E-state index in [2.05, 4.69) is 41.3 Å². The summed E-state index contributed by atoms with van der Waals surface area (Å²) in [5.74, 6) is 6.42. The van der Waals surface area contributed by atoms with Gasteiger partial charge in [0.1, 0.15) is 0 Å². The summed E-state index contributed by atoms with van der Waals surface area (Å²) in [6.07, 6.45) is 6.00. The van der Waals surface area contributed by atoms with E-state index in [-0.39, 0.29) is 6.04 Å². The second-order valence-corrected chi connectivity index (χ2v) is 6.36. The summed E-state index contributed by atoms with van der Waals surface area (Å²) in [6.45, 7) is 4.48. The molecule has 0 radical (unpaired) electrons. The number of rotatable bonds is 8. The first kappa shape index (κ1) is 17.0. The quantitative estimate of drug-likeness (QED) is 0.500. The van der Waals surface area contributed by atoms with Crippen molar-refractivity contribution in [2.75, 3.05) is 0 Å². The maximum atomic E-state index is 6.28. The van der Waals surface area contributed by atoms with Crippen LogP contribution in [0.3, 0.4) is 0 Å². The lowest BCUT2D eigenvalue weighted by molar-refractivity contribution is 0.356. The van der Waals surface area contributed by atoms with Gasteiger partial charge < -0.3 is 0 Å². The third-order valence-corrected chi connectivity index (χ3v) is 4.48. The van der Waals surface area contributed by atoms with Crippen LogP contribution in [-0.2, 0) is 0 Å². The Hall–Kier alpha value is -0.0900. The van der Waals surface area contributed by atoms with Gasteiger partial charge in [-0.25, -0.2) is 0 Å². The van der Waals surface area contributed by atoms with Crippen LogP contribution in [0.1, 0.15) is 57.6 Å². The predicted octanol–water partition coefficient (Wildman–Crippen LogP) is 5.21. The van der Waals surface area contributed by atoms with Crippen molar-refractivity contribution >= 4 is 27.5 Å². The van der Waals surface area contributed by atoms with Crippen molar-refractivity contribution in [1.29, 1.82) is 0 Å². The van der Waals surface area contributed by atoms with Gasteiger partial charge in [0.15, 0.2) is 0 Å². The van der Waals surface area contributed by atoms with Crippen LogP contribution in [0.25, 0.3) is 0 Å². The molecule has 108 valence electrons. The van der Waals surface area contributed by atoms with Crippen LogP contribution in [0.4, 0.5) is 0 Å². The fourth-order valence-corrected chi connectivity index (χ4v) is 3.01. The summed E-state index contributed by atoms with van der Waals surface area (Å²) in [5.41, 5.74) is 4.00. The lowest BCUT2D eigenvalue weighted by atomic mass is 9.89. The third-order valence-electron chi connectivity index (χ3n) is 3.65. The number of hydrazine groups is 1. The first-order valence-electron chi connectivity index (χ1n) is 7.03. The van der Waals surface area contributed by atoms with Gasteiger partial charge in [0.25, 0.3) is 0 Å².